The van der Waals surface area contributed by atoms with Gasteiger partial charge in [0.1, 0.15) is 11.6 Å². The molecule has 166 valence electrons. The summed E-state index contributed by atoms with van der Waals surface area (Å²) in [5.74, 6) is 0.523. The lowest BCUT2D eigenvalue weighted by Gasteiger charge is -2.19. The predicted octanol–water partition coefficient (Wildman–Crippen LogP) is 2.86. The number of benzene rings is 1. The summed E-state index contributed by atoms with van der Waals surface area (Å²) in [6, 6.07) is 4.65. The molecule has 0 spiro atoms. The SMILES string of the molecule is Cc1cc(C(C)Cc2nc(N[C@@H](CO)CC(C)C)nc(NS(C)(=O)=O)n2)ccc1F. The maximum absolute atomic E-state index is 13.6. The highest BCUT2D eigenvalue weighted by Gasteiger charge is 2.17. The maximum Gasteiger partial charge on any atom is 0.241 e. The minimum atomic E-state index is -3.58. The normalized spacial score (nSPS) is 13.9. The van der Waals surface area contributed by atoms with Crippen LogP contribution in [0.1, 0.15) is 50.1 Å². The Morgan fingerprint density at radius 3 is 2.37 bits per heavy atom. The van der Waals surface area contributed by atoms with Crippen LogP contribution in [0.15, 0.2) is 18.2 Å². The number of nitrogens with zero attached hydrogens (tertiary/aromatic N) is 3. The summed E-state index contributed by atoms with van der Waals surface area (Å²) in [5.41, 5.74) is 1.48. The van der Waals surface area contributed by atoms with Gasteiger partial charge < -0.3 is 10.4 Å². The Kier molecular flexibility index (Phi) is 8.08. The molecule has 0 saturated heterocycles. The molecule has 2 atom stereocenters. The lowest BCUT2D eigenvalue weighted by atomic mass is 9.96. The zero-order valence-corrected chi connectivity index (χ0v) is 18.8. The number of aliphatic hydroxyl groups is 1. The first-order chi connectivity index (χ1) is 14.0. The zero-order valence-electron chi connectivity index (χ0n) is 18.0. The molecule has 0 amide bonds. The Labute approximate surface area is 177 Å². The highest BCUT2D eigenvalue weighted by molar-refractivity contribution is 7.91. The molecule has 30 heavy (non-hydrogen) atoms. The van der Waals surface area contributed by atoms with E-state index in [1.807, 2.05) is 20.8 Å². The number of halogens is 1. The summed E-state index contributed by atoms with van der Waals surface area (Å²) < 4.78 is 39.2. The van der Waals surface area contributed by atoms with E-state index >= 15 is 0 Å². The van der Waals surface area contributed by atoms with Crippen molar-refractivity contribution in [2.75, 3.05) is 22.9 Å². The van der Waals surface area contributed by atoms with Crippen molar-refractivity contribution in [1.29, 1.82) is 0 Å². The molecule has 10 heteroatoms. The molecule has 1 aromatic heterocycles. The quantitative estimate of drug-likeness (QED) is 0.521. The molecular weight excluding hydrogens is 409 g/mol. The molecule has 3 N–H and O–H groups in total. The van der Waals surface area contributed by atoms with Crippen molar-refractivity contribution in [2.45, 2.75) is 52.5 Å². The first-order valence-electron chi connectivity index (χ1n) is 9.83. The molecule has 0 bridgehead atoms. The molecule has 0 fully saturated rings. The van der Waals surface area contributed by atoms with Crippen LogP contribution in [-0.4, -0.2) is 47.4 Å². The van der Waals surface area contributed by atoms with Gasteiger partial charge >= 0.3 is 0 Å². The second-order valence-corrected chi connectivity index (χ2v) is 9.79. The number of aromatic nitrogens is 3. The third kappa shape index (κ3) is 7.49. The standard InChI is InChI=1S/C20H30FN5O3S/c1-12(2)8-16(11-27)22-19-23-18(24-20(25-19)26-30(5,28)29)10-13(3)15-6-7-17(21)14(4)9-15/h6-7,9,12-13,16,27H,8,10-11H2,1-5H3,(H2,22,23,24,25,26)/t13?,16-/m1/s1. The summed E-state index contributed by atoms with van der Waals surface area (Å²) >= 11 is 0. The molecule has 1 unspecified atom stereocenters. The molecule has 0 saturated carbocycles. The van der Waals surface area contributed by atoms with E-state index in [1.165, 1.54) is 6.07 Å². The molecule has 8 nitrogen and oxygen atoms in total. The largest absolute Gasteiger partial charge is 0.394 e. The molecule has 1 heterocycles. The number of hydrogen-bond acceptors (Lipinski definition) is 7. The third-order valence-electron chi connectivity index (χ3n) is 4.51. The predicted molar refractivity (Wildman–Crippen MR) is 116 cm³/mol. The summed E-state index contributed by atoms with van der Waals surface area (Å²) in [4.78, 5) is 12.8. The van der Waals surface area contributed by atoms with Crippen LogP contribution in [-0.2, 0) is 16.4 Å². The van der Waals surface area contributed by atoms with Crippen molar-refractivity contribution < 1.29 is 17.9 Å². The molecule has 2 rings (SSSR count). The zero-order chi connectivity index (χ0) is 22.5. The number of sulfonamides is 1. The van der Waals surface area contributed by atoms with E-state index in [0.717, 1.165) is 11.8 Å². The van der Waals surface area contributed by atoms with Gasteiger partial charge in [-0.1, -0.05) is 32.9 Å². The Morgan fingerprint density at radius 2 is 1.80 bits per heavy atom. The summed E-state index contributed by atoms with van der Waals surface area (Å²) in [7, 11) is -3.58. The van der Waals surface area contributed by atoms with Crippen LogP contribution < -0.4 is 10.0 Å². The number of aryl methyl sites for hydroxylation is 1. The van der Waals surface area contributed by atoms with Gasteiger partial charge in [-0.25, -0.2) is 12.8 Å². The van der Waals surface area contributed by atoms with Gasteiger partial charge in [0.2, 0.25) is 21.9 Å². The highest BCUT2D eigenvalue weighted by atomic mass is 32.2. The Balaban J connectivity index is 2.31. The smallest absolute Gasteiger partial charge is 0.241 e. The average Bonchev–Trinajstić information content (AvgIpc) is 2.61. The van der Waals surface area contributed by atoms with Crippen LogP contribution in [0, 0.1) is 18.7 Å². The fourth-order valence-electron chi connectivity index (χ4n) is 3.08. The Hall–Kier alpha value is -2.33. The van der Waals surface area contributed by atoms with E-state index in [-0.39, 0.29) is 36.3 Å². The monoisotopic (exact) mass is 439 g/mol. The number of rotatable bonds is 10. The molecule has 0 aliphatic rings. The van der Waals surface area contributed by atoms with Gasteiger partial charge in [0.15, 0.2) is 0 Å². The molecular formula is C20H30FN5O3S. The van der Waals surface area contributed by atoms with E-state index in [2.05, 4.69) is 25.0 Å². The fraction of sp³-hybridized carbons (Fsp3) is 0.550. The number of anilines is 2. The number of aliphatic hydroxyl groups excluding tert-OH is 1. The fourth-order valence-corrected chi connectivity index (χ4v) is 3.51. The highest BCUT2D eigenvalue weighted by Crippen LogP contribution is 2.22. The van der Waals surface area contributed by atoms with Gasteiger partial charge in [-0.2, -0.15) is 15.0 Å². The van der Waals surface area contributed by atoms with Gasteiger partial charge in [-0.3, -0.25) is 4.72 Å². The average molecular weight is 440 g/mol. The van der Waals surface area contributed by atoms with Crippen LogP contribution in [0.3, 0.4) is 0 Å². The molecule has 0 radical (unpaired) electrons. The van der Waals surface area contributed by atoms with Gasteiger partial charge in [-0.15, -0.1) is 0 Å². The first-order valence-corrected chi connectivity index (χ1v) is 11.7. The van der Waals surface area contributed by atoms with Crippen molar-refractivity contribution in [3.8, 4) is 0 Å². The minimum Gasteiger partial charge on any atom is -0.394 e. The first kappa shape index (κ1) is 23.9. The lowest BCUT2D eigenvalue weighted by Crippen LogP contribution is -2.27. The van der Waals surface area contributed by atoms with Crippen LogP contribution in [0.5, 0.6) is 0 Å². The molecule has 1 aromatic carbocycles. The van der Waals surface area contributed by atoms with Crippen molar-refractivity contribution in [3.05, 3.63) is 41.0 Å². The Morgan fingerprint density at radius 1 is 1.13 bits per heavy atom. The van der Waals surface area contributed by atoms with Crippen molar-refractivity contribution in [1.82, 2.24) is 15.0 Å². The van der Waals surface area contributed by atoms with Crippen molar-refractivity contribution >= 4 is 21.9 Å². The molecule has 2 aromatic rings. The summed E-state index contributed by atoms with van der Waals surface area (Å²) in [6.45, 7) is 7.62. The van der Waals surface area contributed by atoms with Crippen LogP contribution in [0.25, 0.3) is 0 Å². The second-order valence-electron chi connectivity index (χ2n) is 8.04. The van der Waals surface area contributed by atoms with Crippen LogP contribution in [0.4, 0.5) is 16.3 Å². The third-order valence-corrected chi connectivity index (χ3v) is 5.06. The second kappa shape index (κ2) is 10.1. The topological polar surface area (TPSA) is 117 Å². The van der Waals surface area contributed by atoms with Crippen LogP contribution in [0.2, 0.25) is 0 Å². The lowest BCUT2D eigenvalue weighted by molar-refractivity contribution is 0.259. The Bertz CT molecular complexity index is 969. The molecule has 0 aliphatic heterocycles. The summed E-state index contributed by atoms with van der Waals surface area (Å²) in [6.07, 6.45) is 2.11. The van der Waals surface area contributed by atoms with E-state index in [1.54, 1.807) is 19.1 Å². The van der Waals surface area contributed by atoms with Gasteiger partial charge in [0, 0.05) is 6.42 Å². The van der Waals surface area contributed by atoms with Crippen LogP contribution >= 0.6 is 0 Å². The summed E-state index contributed by atoms with van der Waals surface area (Å²) in [5, 5.41) is 12.7. The molecule has 0 aliphatic carbocycles. The number of hydrogen-bond donors (Lipinski definition) is 3. The maximum atomic E-state index is 13.6. The number of nitrogens with one attached hydrogen (secondary N) is 2. The minimum absolute atomic E-state index is 0.0325. The van der Waals surface area contributed by atoms with Crippen molar-refractivity contribution in [3.63, 3.8) is 0 Å². The van der Waals surface area contributed by atoms with E-state index in [0.29, 0.717) is 30.1 Å². The van der Waals surface area contributed by atoms with Crippen molar-refractivity contribution in [2.24, 2.45) is 5.92 Å². The van der Waals surface area contributed by atoms with Gasteiger partial charge in [-0.05, 0) is 42.4 Å². The van der Waals surface area contributed by atoms with Gasteiger partial charge in [0.05, 0.1) is 18.9 Å². The van der Waals surface area contributed by atoms with E-state index in [4.69, 9.17) is 0 Å². The van der Waals surface area contributed by atoms with E-state index in [9.17, 15) is 17.9 Å². The van der Waals surface area contributed by atoms with E-state index < -0.39 is 10.0 Å². The van der Waals surface area contributed by atoms with Gasteiger partial charge in [0.25, 0.3) is 0 Å².